The molecule has 0 saturated heterocycles. The van der Waals surface area contributed by atoms with Crippen molar-refractivity contribution in [1.82, 2.24) is 4.57 Å². The maximum Gasteiger partial charge on any atom is 0.454 e. The molecule has 0 bridgehead atoms. The molecule has 0 fully saturated rings. The van der Waals surface area contributed by atoms with Gasteiger partial charge in [0, 0.05) is 27.3 Å². The van der Waals surface area contributed by atoms with E-state index < -0.39 is 23.4 Å². The predicted octanol–water partition coefficient (Wildman–Crippen LogP) is 6.09. The van der Waals surface area contributed by atoms with Crippen LogP contribution in [0, 0.1) is 0 Å². The molecule has 1 N–H and O–H groups in total. The van der Waals surface area contributed by atoms with Gasteiger partial charge >= 0.3 is 6.18 Å². The molecule has 28 heavy (non-hydrogen) atoms. The fourth-order valence-electron chi connectivity index (χ4n) is 2.66. The Balaban J connectivity index is 1.93. The summed E-state index contributed by atoms with van der Waals surface area (Å²) < 4.78 is 40.6. The average molecular weight is 494 g/mol. The molecule has 0 spiro atoms. The average Bonchev–Trinajstić information content (AvgIpc) is 2.94. The van der Waals surface area contributed by atoms with Crippen LogP contribution in [-0.4, -0.2) is 22.4 Å². The highest BCUT2D eigenvalue weighted by molar-refractivity contribution is 9.10. The largest absolute Gasteiger partial charge is 0.454 e. The fraction of sp³-hybridized carbons (Fsp3) is 0.111. The third-order valence-electron chi connectivity index (χ3n) is 3.86. The summed E-state index contributed by atoms with van der Waals surface area (Å²) in [6.45, 7) is -0.302. The second kappa shape index (κ2) is 7.77. The molecule has 0 atom stereocenters. The monoisotopic (exact) mass is 492 g/mol. The van der Waals surface area contributed by atoms with Gasteiger partial charge in [0.25, 0.3) is 5.78 Å². The Labute approximate surface area is 175 Å². The Bertz CT molecular complexity index is 1100. The molecular weight excluding hydrogens is 484 g/mol. The quantitative estimate of drug-likeness (QED) is 0.447. The van der Waals surface area contributed by atoms with Crippen LogP contribution in [0.25, 0.3) is 10.9 Å². The molecule has 1 amide bonds. The maximum atomic E-state index is 12.9. The molecule has 0 aliphatic rings. The fourth-order valence-corrected chi connectivity index (χ4v) is 3.32. The summed E-state index contributed by atoms with van der Waals surface area (Å²) in [4.78, 5) is 24.1. The van der Waals surface area contributed by atoms with E-state index in [2.05, 4.69) is 21.2 Å². The van der Waals surface area contributed by atoms with Crippen molar-refractivity contribution >= 4 is 67.4 Å². The van der Waals surface area contributed by atoms with Gasteiger partial charge in [-0.15, -0.1) is 0 Å². The first-order valence-corrected chi connectivity index (χ1v) is 9.26. The van der Waals surface area contributed by atoms with E-state index in [1.54, 1.807) is 6.07 Å². The van der Waals surface area contributed by atoms with Crippen LogP contribution in [0.5, 0.6) is 0 Å². The van der Waals surface area contributed by atoms with Crippen LogP contribution in [0.4, 0.5) is 18.9 Å². The zero-order valence-electron chi connectivity index (χ0n) is 13.8. The molecule has 1 heterocycles. The summed E-state index contributed by atoms with van der Waals surface area (Å²) in [5.41, 5.74) is 0.177. The standard InChI is InChI=1S/C18H10BrCl2F3N2O2/c19-9-1-4-15-11(5-9)12(17(28)18(22,23)24)7-26(15)8-16(27)25-10-2-3-13(20)14(21)6-10/h1-7H,8H2,(H,25,27). The number of nitrogens with zero attached hydrogens (tertiary/aromatic N) is 1. The number of Topliss-reactive ketones (excluding diaryl/α,β-unsaturated/α-hetero) is 1. The number of alkyl halides is 3. The van der Waals surface area contributed by atoms with Gasteiger partial charge in [-0.05, 0) is 36.4 Å². The lowest BCUT2D eigenvalue weighted by molar-refractivity contribution is -0.116. The van der Waals surface area contributed by atoms with E-state index in [1.807, 2.05) is 0 Å². The van der Waals surface area contributed by atoms with Crippen LogP contribution < -0.4 is 5.32 Å². The summed E-state index contributed by atoms with van der Waals surface area (Å²) in [7, 11) is 0. The molecule has 0 radical (unpaired) electrons. The zero-order valence-corrected chi connectivity index (χ0v) is 16.9. The van der Waals surface area contributed by atoms with E-state index >= 15 is 0 Å². The van der Waals surface area contributed by atoms with Crippen molar-refractivity contribution in [2.24, 2.45) is 0 Å². The molecular formula is C18H10BrCl2F3N2O2. The number of aromatic nitrogens is 1. The van der Waals surface area contributed by atoms with Crippen LogP contribution in [0.15, 0.2) is 47.1 Å². The van der Waals surface area contributed by atoms with Crippen molar-refractivity contribution in [2.45, 2.75) is 12.7 Å². The zero-order chi connectivity index (χ0) is 20.6. The number of ketones is 1. The first-order valence-electron chi connectivity index (χ1n) is 7.71. The minimum absolute atomic E-state index is 0.0963. The Morgan fingerprint density at radius 3 is 2.43 bits per heavy atom. The highest BCUT2D eigenvalue weighted by Gasteiger charge is 2.41. The van der Waals surface area contributed by atoms with Crippen LogP contribution in [0.3, 0.4) is 0 Å². The van der Waals surface area contributed by atoms with Gasteiger partial charge in [0.2, 0.25) is 5.91 Å². The third-order valence-corrected chi connectivity index (χ3v) is 5.09. The SMILES string of the molecule is O=C(Cn1cc(C(=O)C(F)(F)F)c2cc(Br)ccc21)Nc1ccc(Cl)c(Cl)c1. The van der Waals surface area contributed by atoms with Gasteiger partial charge in [-0.3, -0.25) is 9.59 Å². The van der Waals surface area contributed by atoms with Gasteiger partial charge in [-0.2, -0.15) is 13.2 Å². The van der Waals surface area contributed by atoms with Crippen LogP contribution in [0.1, 0.15) is 10.4 Å². The lowest BCUT2D eigenvalue weighted by Crippen LogP contribution is -2.22. The van der Waals surface area contributed by atoms with Gasteiger partial charge in [-0.1, -0.05) is 39.1 Å². The number of amides is 1. The van der Waals surface area contributed by atoms with E-state index in [-0.39, 0.29) is 17.0 Å². The van der Waals surface area contributed by atoms with E-state index in [4.69, 9.17) is 23.2 Å². The van der Waals surface area contributed by atoms with Gasteiger partial charge in [-0.25, -0.2) is 0 Å². The van der Waals surface area contributed by atoms with E-state index in [9.17, 15) is 22.8 Å². The van der Waals surface area contributed by atoms with Crippen LogP contribution in [-0.2, 0) is 11.3 Å². The molecule has 2 aromatic carbocycles. The van der Waals surface area contributed by atoms with Crippen molar-refractivity contribution in [1.29, 1.82) is 0 Å². The van der Waals surface area contributed by atoms with Gasteiger partial charge in [0.05, 0.1) is 15.6 Å². The number of carbonyl (C=O) groups excluding carboxylic acids is 2. The number of nitrogens with one attached hydrogen (secondary N) is 1. The van der Waals surface area contributed by atoms with Crippen LogP contribution >= 0.6 is 39.1 Å². The number of halogens is 6. The molecule has 0 aliphatic heterocycles. The number of benzene rings is 2. The van der Waals surface area contributed by atoms with E-state index in [0.29, 0.717) is 20.7 Å². The minimum atomic E-state index is -5.02. The second-order valence-corrected chi connectivity index (χ2v) is 7.57. The predicted molar refractivity (Wildman–Crippen MR) is 105 cm³/mol. The first kappa shape index (κ1) is 20.7. The molecule has 3 rings (SSSR count). The minimum Gasteiger partial charge on any atom is -0.337 e. The Morgan fingerprint density at radius 2 is 1.79 bits per heavy atom. The Morgan fingerprint density at radius 1 is 1.07 bits per heavy atom. The summed E-state index contributed by atoms with van der Waals surface area (Å²) in [6, 6.07) is 9.03. The first-order chi connectivity index (χ1) is 13.1. The van der Waals surface area contributed by atoms with Crippen molar-refractivity contribution in [3.8, 4) is 0 Å². The van der Waals surface area contributed by atoms with Crippen molar-refractivity contribution in [3.05, 3.63) is 62.7 Å². The van der Waals surface area contributed by atoms with Gasteiger partial charge in [0.1, 0.15) is 6.54 Å². The maximum absolute atomic E-state index is 12.9. The third kappa shape index (κ3) is 4.34. The number of carbonyl (C=O) groups is 2. The second-order valence-electron chi connectivity index (χ2n) is 5.84. The molecule has 146 valence electrons. The smallest absolute Gasteiger partial charge is 0.337 e. The Kier molecular flexibility index (Phi) is 5.74. The van der Waals surface area contributed by atoms with E-state index in [1.165, 1.54) is 34.9 Å². The molecule has 10 heteroatoms. The van der Waals surface area contributed by atoms with Crippen molar-refractivity contribution < 1.29 is 22.8 Å². The van der Waals surface area contributed by atoms with Crippen molar-refractivity contribution in [2.75, 3.05) is 5.32 Å². The number of hydrogen-bond donors (Lipinski definition) is 1. The molecule has 4 nitrogen and oxygen atoms in total. The normalized spacial score (nSPS) is 11.6. The van der Waals surface area contributed by atoms with Gasteiger partial charge in [0.15, 0.2) is 0 Å². The van der Waals surface area contributed by atoms with Crippen molar-refractivity contribution in [3.63, 3.8) is 0 Å². The number of fused-ring (bicyclic) bond motifs is 1. The highest BCUT2D eigenvalue weighted by atomic mass is 79.9. The molecule has 3 aromatic rings. The molecule has 0 aliphatic carbocycles. The van der Waals surface area contributed by atoms with Crippen LogP contribution in [0.2, 0.25) is 10.0 Å². The number of hydrogen-bond acceptors (Lipinski definition) is 2. The lowest BCUT2D eigenvalue weighted by Gasteiger charge is -2.08. The summed E-state index contributed by atoms with van der Waals surface area (Å²) in [5, 5.41) is 3.24. The summed E-state index contributed by atoms with van der Waals surface area (Å²) in [5.74, 6) is -2.48. The molecule has 0 saturated carbocycles. The van der Waals surface area contributed by atoms with E-state index in [0.717, 1.165) is 6.20 Å². The van der Waals surface area contributed by atoms with Gasteiger partial charge < -0.3 is 9.88 Å². The summed E-state index contributed by atoms with van der Waals surface area (Å²) >= 11 is 14.9. The molecule has 0 unspecified atom stereocenters. The highest BCUT2D eigenvalue weighted by Crippen LogP contribution is 2.31. The topological polar surface area (TPSA) is 51.1 Å². The lowest BCUT2D eigenvalue weighted by atomic mass is 10.1. The number of anilines is 1. The summed E-state index contributed by atoms with van der Waals surface area (Å²) in [6.07, 6.45) is -3.99. The number of rotatable bonds is 4. The molecule has 1 aromatic heterocycles. The Hall–Kier alpha value is -2.03.